The van der Waals surface area contributed by atoms with Gasteiger partial charge in [0.2, 0.25) is 5.91 Å². The summed E-state index contributed by atoms with van der Waals surface area (Å²) in [4.78, 5) is 37.9. The van der Waals surface area contributed by atoms with Crippen molar-refractivity contribution in [2.75, 3.05) is 19.6 Å². The molecule has 0 spiro atoms. The molecule has 1 fully saturated rings. The van der Waals surface area contributed by atoms with Crippen molar-refractivity contribution in [3.8, 4) is 5.75 Å². The molecule has 2 aromatic rings. The molecule has 1 unspecified atom stereocenters. The van der Waals surface area contributed by atoms with E-state index in [2.05, 4.69) is 5.32 Å². The molecule has 7 nitrogen and oxygen atoms in total. The average molecular weight is 369 g/mol. The molecule has 1 aliphatic rings. The van der Waals surface area contributed by atoms with Gasteiger partial charge in [0, 0.05) is 37.3 Å². The zero-order chi connectivity index (χ0) is 19.4. The van der Waals surface area contributed by atoms with Crippen molar-refractivity contribution in [2.24, 2.45) is 7.05 Å². The largest absolute Gasteiger partial charge is 0.488 e. The van der Waals surface area contributed by atoms with Crippen LogP contribution in [-0.2, 0) is 11.8 Å². The summed E-state index contributed by atoms with van der Waals surface area (Å²) >= 11 is 0. The molecule has 1 aliphatic heterocycles. The van der Waals surface area contributed by atoms with Gasteiger partial charge in [-0.3, -0.25) is 14.4 Å². The van der Waals surface area contributed by atoms with E-state index in [0.717, 1.165) is 5.69 Å². The van der Waals surface area contributed by atoms with Crippen LogP contribution in [0.4, 0.5) is 0 Å². The minimum absolute atomic E-state index is 0.0502. The van der Waals surface area contributed by atoms with E-state index in [1.807, 2.05) is 19.1 Å². The molecule has 27 heavy (non-hydrogen) atoms. The Bertz CT molecular complexity index is 892. The molecule has 0 saturated carbocycles. The SMILES string of the molecule is Cc1cc(OC2CCN(C(=O)CNC(=O)c3ccccc3)C2)cc(=O)n1C. The van der Waals surface area contributed by atoms with E-state index in [0.29, 0.717) is 30.8 Å². The number of nitrogens with one attached hydrogen (secondary N) is 1. The van der Waals surface area contributed by atoms with Gasteiger partial charge in [0.05, 0.1) is 13.1 Å². The van der Waals surface area contributed by atoms with Gasteiger partial charge in [-0.1, -0.05) is 18.2 Å². The first-order valence-corrected chi connectivity index (χ1v) is 8.89. The number of aryl methyl sites for hydroxylation is 1. The number of ether oxygens (including phenoxy) is 1. The third-order valence-corrected chi connectivity index (χ3v) is 4.71. The fourth-order valence-corrected chi connectivity index (χ4v) is 3.01. The molecule has 2 amide bonds. The van der Waals surface area contributed by atoms with Crippen LogP contribution < -0.4 is 15.6 Å². The van der Waals surface area contributed by atoms with Crippen LogP contribution in [0, 0.1) is 6.92 Å². The van der Waals surface area contributed by atoms with Crippen molar-refractivity contribution in [1.29, 1.82) is 0 Å². The number of benzene rings is 1. The monoisotopic (exact) mass is 369 g/mol. The predicted molar refractivity (Wildman–Crippen MR) is 101 cm³/mol. The van der Waals surface area contributed by atoms with Crippen molar-refractivity contribution < 1.29 is 14.3 Å². The smallest absolute Gasteiger partial charge is 0.254 e. The maximum Gasteiger partial charge on any atom is 0.254 e. The summed E-state index contributed by atoms with van der Waals surface area (Å²) in [7, 11) is 1.71. The van der Waals surface area contributed by atoms with Gasteiger partial charge in [-0.25, -0.2) is 0 Å². The second-order valence-electron chi connectivity index (χ2n) is 6.65. The van der Waals surface area contributed by atoms with Crippen LogP contribution in [0.5, 0.6) is 5.75 Å². The molecule has 1 atom stereocenters. The lowest BCUT2D eigenvalue weighted by Gasteiger charge is -2.18. The lowest BCUT2D eigenvalue weighted by molar-refractivity contribution is -0.129. The van der Waals surface area contributed by atoms with E-state index in [4.69, 9.17) is 4.74 Å². The number of carbonyl (C=O) groups is 2. The molecule has 1 aromatic heterocycles. The van der Waals surface area contributed by atoms with Gasteiger partial charge in [0.1, 0.15) is 11.9 Å². The Morgan fingerprint density at radius 2 is 1.96 bits per heavy atom. The maximum atomic E-state index is 12.3. The number of hydrogen-bond donors (Lipinski definition) is 1. The van der Waals surface area contributed by atoms with Gasteiger partial charge < -0.3 is 19.5 Å². The van der Waals surface area contributed by atoms with Gasteiger partial charge >= 0.3 is 0 Å². The van der Waals surface area contributed by atoms with E-state index in [9.17, 15) is 14.4 Å². The standard InChI is InChI=1S/C20H23N3O4/c1-14-10-17(11-18(24)22(14)2)27-16-8-9-23(13-16)19(25)12-21-20(26)15-6-4-3-5-7-15/h3-7,10-11,16H,8-9,12-13H2,1-2H3,(H,21,26). The molecule has 2 heterocycles. The number of pyridine rings is 1. The highest BCUT2D eigenvalue weighted by molar-refractivity contribution is 5.96. The normalized spacial score (nSPS) is 16.2. The molecule has 1 saturated heterocycles. The first-order chi connectivity index (χ1) is 12.9. The molecular formula is C20H23N3O4. The average Bonchev–Trinajstić information content (AvgIpc) is 3.13. The lowest BCUT2D eigenvalue weighted by Crippen LogP contribution is -2.39. The summed E-state index contributed by atoms with van der Waals surface area (Å²) in [5, 5.41) is 2.65. The summed E-state index contributed by atoms with van der Waals surface area (Å²) in [6.45, 7) is 2.79. The topological polar surface area (TPSA) is 80.6 Å². The number of likely N-dealkylation sites (tertiary alicyclic amines) is 1. The van der Waals surface area contributed by atoms with Crippen LogP contribution in [0.2, 0.25) is 0 Å². The Morgan fingerprint density at radius 1 is 1.22 bits per heavy atom. The van der Waals surface area contributed by atoms with Crippen LogP contribution in [0.25, 0.3) is 0 Å². The minimum atomic E-state index is -0.272. The Balaban J connectivity index is 1.51. The highest BCUT2D eigenvalue weighted by atomic mass is 16.5. The second kappa shape index (κ2) is 8.07. The van der Waals surface area contributed by atoms with Crippen molar-refractivity contribution in [3.63, 3.8) is 0 Å². The molecule has 1 aromatic carbocycles. The van der Waals surface area contributed by atoms with E-state index in [1.54, 1.807) is 40.8 Å². The van der Waals surface area contributed by atoms with Crippen LogP contribution in [0.1, 0.15) is 22.5 Å². The van der Waals surface area contributed by atoms with Crippen LogP contribution in [0.15, 0.2) is 47.3 Å². The van der Waals surface area contributed by atoms with Gasteiger partial charge in [0.15, 0.2) is 0 Å². The predicted octanol–water partition coefficient (Wildman–Crippen LogP) is 1.10. The third kappa shape index (κ3) is 4.55. The highest BCUT2D eigenvalue weighted by Gasteiger charge is 2.28. The maximum absolute atomic E-state index is 12.3. The highest BCUT2D eigenvalue weighted by Crippen LogP contribution is 2.18. The molecular weight excluding hydrogens is 346 g/mol. The quantitative estimate of drug-likeness (QED) is 0.856. The Morgan fingerprint density at radius 3 is 2.67 bits per heavy atom. The lowest BCUT2D eigenvalue weighted by atomic mass is 10.2. The Labute approximate surface area is 157 Å². The number of hydrogen-bond acceptors (Lipinski definition) is 4. The molecule has 0 radical (unpaired) electrons. The van der Waals surface area contributed by atoms with Crippen LogP contribution in [-0.4, -0.2) is 47.0 Å². The van der Waals surface area contributed by atoms with Gasteiger partial charge in [-0.05, 0) is 25.1 Å². The fraction of sp³-hybridized carbons (Fsp3) is 0.350. The Kier molecular flexibility index (Phi) is 5.59. The van der Waals surface area contributed by atoms with Crippen molar-refractivity contribution in [3.05, 3.63) is 64.1 Å². The van der Waals surface area contributed by atoms with E-state index >= 15 is 0 Å². The zero-order valence-corrected chi connectivity index (χ0v) is 15.5. The summed E-state index contributed by atoms with van der Waals surface area (Å²) in [6, 6.07) is 12.0. The summed E-state index contributed by atoms with van der Waals surface area (Å²) in [5.41, 5.74) is 1.21. The van der Waals surface area contributed by atoms with Crippen LogP contribution in [0.3, 0.4) is 0 Å². The van der Waals surface area contributed by atoms with Gasteiger partial charge in [0.25, 0.3) is 11.5 Å². The van der Waals surface area contributed by atoms with E-state index in [-0.39, 0.29) is 30.0 Å². The molecule has 0 bridgehead atoms. The van der Waals surface area contributed by atoms with Crippen molar-refractivity contribution >= 4 is 11.8 Å². The zero-order valence-electron chi connectivity index (χ0n) is 15.5. The number of amides is 2. The van der Waals surface area contributed by atoms with Crippen molar-refractivity contribution in [1.82, 2.24) is 14.8 Å². The molecule has 1 N–H and O–H groups in total. The van der Waals surface area contributed by atoms with E-state index in [1.165, 1.54) is 6.07 Å². The number of rotatable bonds is 5. The third-order valence-electron chi connectivity index (χ3n) is 4.71. The second-order valence-corrected chi connectivity index (χ2v) is 6.65. The minimum Gasteiger partial charge on any atom is -0.488 e. The van der Waals surface area contributed by atoms with Gasteiger partial charge in [-0.2, -0.15) is 0 Å². The fourth-order valence-electron chi connectivity index (χ4n) is 3.01. The first-order valence-electron chi connectivity index (χ1n) is 8.89. The summed E-state index contributed by atoms with van der Waals surface area (Å²) in [5.74, 6) is 0.101. The summed E-state index contributed by atoms with van der Waals surface area (Å²) in [6.07, 6.45) is 0.525. The van der Waals surface area contributed by atoms with Crippen LogP contribution >= 0.6 is 0 Å². The first kappa shape index (κ1) is 18.7. The molecule has 3 rings (SSSR count). The van der Waals surface area contributed by atoms with Crippen molar-refractivity contribution in [2.45, 2.75) is 19.4 Å². The van der Waals surface area contributed by atoms with E-state index < -0.39 is 0 Å². The number of aromatic nitrogens is 1. The number of nitrogens with zero attached hydrogens (tertiary/aromatic N) is 2. The Hall–Kier alpha value is -3.09. The molecule has 142 valence electrons. The molecule has 0 aliphatic carbocycles. The summed E-state index contributed by atoms with van der Waals surface area (Å²) < 4.78 is 7.42. The molecule has 7 heteroatoms. The number of carbonyl (C=O) groups excluding carboxylic acids is 2. The van der Waals surface area contributed by atoms with Gasteiger partial charge in [-0.15, -0.1) is 0 Å².